The van der Waals surface area contributed by atoms with Gasteiger partial charge in [-0.25, -0.2) is 0 Å². The van der Waals surface area contributed by atoms with Crippen LogP contribution in [-0.4, -0.2) is 52.7 Å². The fourth-order valence-corrected chi connectivity index (χ4v) is 2.24. The third kappa shape index (κ3) is 7.05. The van der Waals surface area contributed by atoms with Gasteiger partial charge in [-0.05, 0) is 32.0 Å². The fourth-order valence-electron chi connectivity index (χ4n) is 2.24. The van der Waals surface area contributed by atoms with E-state index in [4.69, 9.17) is 4.52 Å². The van der Waals surface area contributed by atoms with Crippen LogP contribution in [-0.2, 0) is 13.0 Å². The topological polar surface area (TPSA) is 45.4 Å². The van der Waals surface area contributed by atoms with Crippen LogP contribution < -0.4 is 0 Å². The van der Waals surface area contributed by atoms with E-state index >= 15 is 0 Å². The summed E-state index contributed by atoms with van der Waals surface area (Å²) in [6.07, 6.45) is 2.02. The maximum atomic E-state index is 5.37. The van der Waals surface area contributed by atoms with Gasteiger partial charge in [0.15, 0.2) is 5.82 Å². The molecule has 0 atom stereocenters. The van der Waals surface area contributed by atoms with Crippen molar-refractivity contribution in [1.82, 2.24) is 19.9 Å². The summed E-state index contributed by atoms with van der Waals surface area (Å²) in [5.41, 5.74) is 0. The first kappa shape index (κ1) is 18.1. The van der Waals surface area contributed by atoms with E-state index in [9.17, 15) is 0 Å². The molecule has 21 heavy (non-hydrogen) atoms. The van der Waals surface area contributed by atoms with Crippen molar-refractivity contribution in [2.75, 3.05) is 32.7 Å². The number of nitrogens with zero attached hydrogens (tertiary/aromatic N) is 4. The van der Waals surface area contributed by atoms with Crippen molar-refractivity contribution in [3.63, 3.8) is 0 Å². The van der Waals surface area contributed by atoms with Crippen LogP contribution in [0.1, 0.15) is 52.8 Å². The van der Waals surface area contributed by atoms with E-state index in [1.807, 2.05) is 0 Å². The molecule has 0 unspecified atom stereocenters. The van der Waals surface area contributed by atoms with Gasteiger partial charge >= 0.3 is 0 Å². The Bertz CT molecular complexity index is 374. The van der Waals surface area contributed by atoms with Crippen LogP contribution in [0.5, 0.6) is 0 Å². The lowest BCUT2D eigenvalue weighted by Crippen LogP contribution is -2.34. The smallest absolute Gasteiger partial charge is 0.240 e. The van der Waals surface area contributed by atoms with E-state index in [2.05, 4.69) is 54.6 Å². The average Bonchev–Trinajstić information content (AvgIpc) is 2.92. The molecule has 0 spiro atoms. The Morgan fingerprint density at radius 1 is 1.00 bits per heavy atom. The van der Waals surface area contributed by atoms with Crippen molar-refractivity contribution in [3.05, 3.63) is 11.7 Å². The third-order valence-electron chi connectivity index (χ3n) is 3.89. The zero-order valence-corrected chi connectivity index (χ0v) is 14.4. The molecule has 122 valence electrons. The molecule has 0 aliphatic heterocycles. The van der Waals surface area contributed by atoms with E-state index in [0.717, 1.165) is 63.8 Å². The van der Waals surface area contributed by atoms with E-state index in [0.29, 0.717) is 5.92 Å². The van der Waals surface area contributed by atoms with Gasteiger partial charge in [0.2, 0.25) is 5.89 Å². The first-order valence-electron chi connectivity index (χ1n) is 8.35. The van der Waals surface area contributed by atoms with Crippen LogP contribution in [0.2, 0.25) is 0 Å². The van der Waals surface area contributed by atoms with Crippen LogP contribution >= 0.6 is 0 Å². The molecule has 0 bridgehead atoms. The molecular weight excluding hydrogens is 264 g/mol. The van der Waals surface area contributed by atoms with Crippen LogP contribution in [0.3, 0.4) is 0 Å². The van der Waals surface area contributed by atoms with Crippen molar-refractivity contribution < 1.29 is 4.52 Å². The molecule has 0 aromatic carbocycles. The molecule has 0 N–H and O–H groups in total. The maximum absolute atomic E-state index is 5.37. The third-order valence-corrected chi connectivity index (χ3v) is 3.89. The molecule has 1 rings (SSSR count). The van der Waals surface area contributed by atoms with Gasteiger partial charge in [-0.2, -0.15) is 4.98 Å². The number of likely N-dealkylation sites (N-methyl/N-ethyl adjacent to an activating group) is 2. The van der Waals surface area contributed by atoms with Crippen molar-refractivity contribution in [3.8, 4) is 0 Å². The number of hydrogen-bond acceptors (Lipinski definition) is 5. The molecule has 0 aliphatic carbocycles. The van der Waals surface area contributed by atoms with E-state index < -0.39 is 0 Å². The van der Waals surface area contributed by atoms with Gasteiger partial charge in [-0.1, -0.05) is 39.8 Å². The Kier molecular flexibility index (Phi) is 8.54. The maximum Gasteiger partial charge on any atom is 0.240 e. The number of rotatable bonds is 11. The molecule has 0 amide bonds. The quantitative estimate of drug-likeness (QED) is 0.628. The predicted octanol–water partition coefficient (Wildman–Crippen LogP) is 2.82. The highest BCUT2D eigenvalue weighted by atomic mass is 16.5. The Balaban J connectivity index is 2.42. The standard InChI is InChI=1S/C16H32N4O/c1-6-19(7-2)11-12-20(8-3)13-16-17-15(18-21-16)10-9-14(4)5/h14H,6-13H2,1-5H3. The summed E-state index contributed by atoms with van der Waals surface area (Å²) in [6, 6.07) is 0. The second-order valence-electron chi connectivity index (χ2n) is 5.93. The molecule has 0 aliphatic rings. The van der Waals surface area contributed by atoms with E-state index in [1.54, 1.807) is 0 Å². The van der Waals surface area contributed by atoms with Gasteiger partial charge in [0.25, 0.3) is 0 Å². The second-order valence-corrected chi connectivity index (χ2v) is 5.93. The number of aromatic nitrogens is 2. The first-order valence-corrected chi connectivity index (χ1v) is 8.35. The minimum Gasteiger partial charge on any atom is -0.338 e. The number of hydrogen-bond donors (Lipinski definition) is 0. The van der Waals surface area contributed by atoms with Gasteiger partial charge in [0.1, 0.15) is 0 Å². The fraction of sp³-hybridized carbons (Fsp3) is 0.875. The first-order chi connectivity index (χ1) is 10.1. The minimum atomic E-state index is 0.674. The summed E-state index contributed by atoms with van der Waals surface area (Å²) < 4.78 is 5.37. The summed E-state index contributed by atoms with van der Waals surface area (Å²) in [7, 11) is 0. The summed E-state index contributed by atoms with van der Waals surface area (Å²) in [6.45, 7) is 17.1. The van der Waals surface area contributed by atoms with Crippen LogP contribution in [0, 0.1) is 5.92 Å². The van der Waals surface area contributed by atoms with E-state index in [-0.39, 0.29) is 0 Å². The van der Waals surface area contributed by atoms with Gasteiger partial charge < -0.3 is 9.42 Å². The van der Waals surface area contributed by atoms with Crippen molar-refractivity contribution in [2.24, 2.45) is 5.92 Å². The van der Waals surface area contributed by atoms with Crippen molar-refractivity contribution >= 4 is 0 Å². The lowest BCUT2D eigenvalue weighted by atomic mass is 10.1. The van der Waals surface area contributed by atoms with E-state index in [1.165, 1.54) is 0 Å². The number of aryl methyl sites for hydroxylation is 1. The molecule has 1 aromatic rings. The van der Waals surface area contributed by atoms with Gasteiger partial charge in [0, 0.05) is 19.5 Å². The highest BCUT2D eigenvalue weighted by Gasteiger charge is 2.12. The van der Waals surface area contributed by atoms with Gasteiger partial charge in [-0.15, -0.1) is 0 Å². The summed E-state index contributed by atoms with van der Waals surface area (Å²) in [5.74, 6) is 2.27. The zero-order valence-electron chi connectivity index (χ0n) is 14.4. The van der Waals surface area contributed by atoms with Crippen LogP contribution in [0.25, 0.3) is 0 Å². The normalized spacial score (nSPS) is 12.0. The molecule has 0 saturated carbocycles. The predicted molar refractivity (Wildman–Crippen MR) is 86.2 cm³/mol. The summed E-state index contributed by atoms with van der Waals surface area (Å²) >= 11 is 0. The SMILES string of the molecule is CCN(CC)CCN(CC)Cc1nc(CCC(C)C)no1. The summed E-state index contributed by atoms with van der Waals surface area (Å²) in [5, 5.41) is 4.08. The molecule has 0 saturated heterocycles. The molecule has 1 aromatic heterocycles. The molecule has 0 radical (unpaired) electrons. The van der Waals surface area contributed by atoms with Crippen molar-refractivity contribution in [1.29, 1.82) is 0 Å². The monoisotopic (exact) mass is 296 g/mol. The molecule has 0 fully saturated rings. The molecule has 1 heterocycles. The van der Waals surface area contributed by atoms with Gasteiger partial charge in [-0.3, -0.25) is 4.90 Å². The molecule has 5 nitrogen and oxygen atoms in total. The highest BCUT2D eigenvalue weighted by Crippen LogP contribution is 2.08. The minimum absolute atomic E-state index is 0.674. The lowest BCUT2D eigenvalue weighted by Gasteiger charge is -2.23. The average molecular weight is 296 g/mol. The van der Waals surface area contributed by atoms with Crippen molar-refractivity contribution in [2.45, 2.75) is 54.0 Å². The Labute approximate surface area is 129 Å². The molecular formula is C16H32N4O. The summed E-state index contributed by atoms with van der Waals surface area (Å²) in [4.78, 5) is 9.30. The second kappa shape index (κ2) is 9.90. The zero-order chi connectivity index (χ0) is 15.7. The largest absolute Gasteiger partial charge is 0.338 e. The Morgan fingerprint density at radius 3 is 2.19 bits per heavy atom. The highest BCUT2D eigenvalue weighted by molar-refractivity contribution is 4.87. The van der Waals surface area contributed by atoms with Gasteiger partial charge in [0.05, 0.1) is 6.54 Å². The van der Waals surface area contributed by atoms with Crippen LogP contribution in [0.4, 0.5) is 0 Å². The van der Waals surface area contributed by atoms with Crippen LogP contribution in [0.15, 0.2) is 4.52 Å². The Morgan fingerprint density at radius 2 is 1.62 bits per heavy atom. The lowest BCUT2D eigenvalue weighted by molar-refractivity contribution is 0.195. The Hall–Kier alpha value is -0.940. The molecule has 5 heteroatoms.